The molecule has 3 rings (SSSR count). The Morgan fingerprint density at radius 3 is 2.71 bits per heavy atom. The molecule has 2 aromatic carbocycles. The van der Waals surface area contributed by atoms with Gasteiger partial charge in [0.05, 0.1) is 30.6 Å². The van der Waals surface area contributed by atoms with E-state index in [1.807, 2.05) is 19.1 Å². The zero-order valence-corrected chi connectivity index (χ0v) is 16.2. The molecule has 0 spiro atoms. The number of aryl methyl sites for hydroxylation is 1. The van der Waals surface area contributed by atoms with Crippen molar-refractivity contribution in [3.05, 3.63) is 71.0 Å². The van der Waals surface area contributed by atoms with Gasteiger partial charge in [-0.25, -0.2) is 9.48 Å². The number of ether oxygens (including phenoxy) is 1. The van der Waals surface area contributed by atoms with Gasteiger partial charge in [-0.1, -0.05) is 17.7 Å². The summed E-state index contributed by atoms with van der Waals surface area (Å²) in [6.45, 7) is 1.85. The van der Waals surface area contributed by atoms with Gasteiger partial charge >= 0.3 is 5.97 Å². The van der Waals surface area contributed by atoms with Crippen molar-refractivity contribution in [1.29, 1.82) is 0 Å². The maximum atomic E-state index is 12.4. The molecule has 3 aromatic rings. The topological polar surface area (TPSA) is 85.2 Å². The molecule has 144 valence electrons. The standard InChI is InChI=1S/C20H19ClN4O3/c1-13-4-5-14(20(27)28-2)10-16(13)24-19(26)12-22-17-11-15(21)6-7-18(17)25-9-3-8-23-25/h3-11,22H,12H2,1-2H3,(H,24,26). The van der Waals surface area contributed by atoms with Gasteiger partial charge in [-0.3, -0.25) is 4.79 Å². The molecule has 7 nitrogen and oxygen atoms in total. The highest BCUT2D eigenvalue weighted by Crippen LogP contribution is 2.24. The first-order valence-corrected chi connectivity index (χ1v) is 8.88. The highest BCUT2D eigenvalue weighted by atomic mass is 35.5. The maximum absolute atomic E-state index is 12.4. The van der Waals surface area contributed by atoms with Gasteiger partial charge in [-0.05, 0) is 48.9 Å². The summed E-state index contributed by atoms with van der Waals surface area (Å²) in [4.78, 5) is 24.1. The zero-order valence-electron chi connectivity index (χ0n) is 15.4. The van der Waals surface area contributed by atoms with E-state index in [1.165, 1.54) is 7.11 Å². The van der Waals surface area contributed by atoms with Crippen molar-refractivity contribution in [1.82, 2.24) is 9.78 Å². The molecule has 1 amide bonds. The van der Waals surface area contributed by atoms with Crippen molar-refractivity contribution < 1.29 is 14.3 Å². The van der Waals surface area contributed by atoms with E-state index in [4.69, 9.17) is 16.3 Å². The highest BCUT2D eigenvalue weighted by Gasteiger charge is 2.12. The van der Waals surface area contributed by atoms with E-state index in [0.717, 1.165) is 11.3 Å². The Morgan fingerprint density at radius 1 is 1.18 bits per heavy atom. The van der Waals surface area contributed by atoms with Crippen LogP contribution in [0, 0.1) is 6.92 Å². The molecule has 1 heterocycles. The van der Waals surface area contributed by atoms with Gasteiger partial charge in [0.1, 0.15) is 0 Å². The van der Waals surface area contributed by atoms with Crippen molar-refractivity contribution in [2.75, 3.05) is 24.3 Å². The van der Waals surface area contributed by atoms with Crippen LogP contribution in [-0.4, -0.2) is 35.3 Å². The molecule has 0 bridgehead atoms. The van der Waals surface area contributed by atoms with Crippen LogP contribution < -0.4 is 10.6 Å². The minimum atomic E-state index is -0.462. The van der Waals surface area contributed by atoms with Crippen LogP contribution in [0.4, 0.5) is 11.4 Å². The summed E-state index contributed by atoms with van der Waals surface area (Å²) in [5, 5.41) is 10.6. The zero-order chi connectivity index (χ0) is 20.1. The number of nitrogens with one attached hydrogen (secondary N) is 2. The minimum absolute atomic E-state index is 0.0104. The van der Waals surface area contributed by atoms with Gasteiger partial charge < -0.3 is 15.4 Å². The van der Waals surface area contributed by atoms with E-state index in [9.17, 15) is 9.59 Å². The van der Waals surface area contributed by atoms with E-state index in [2.05, 4.69) is 15.7 Å². The second-order valence-electron chi connectivity index (χ2n) is 6.04. The second kappa shape index (κ2) is 8.58. The van der Waals surface area contributed by atoms with E-state index in [0.29, 0.717) is 22.0 Å². The van der Waals surface area contributed by atoms with Gasteiger partial charge in [-0.15, -0.1) is 0 Å². The molecule has 0 saturated heterocycles. The van der Waals surface area contributed by atoms with Crippen molar-refractivity contribution in [2.45, 2.75) is 6.92 Å². The lowest BCUT2D eigenvalue weighted by molar-refractivity contribution is -0.114. The van der Waals surface area contributed by atoms with Crippen LogP contribution in [-0.2, 0) is 9.53 Å². The number of methoxy groups -OCH3 is 1. The van der Waals surface area contributed by atoms with Gasteiger partial charge in [0.15, 0.2) is 0 Å². The third-order valence-electron chi connectivity index (χ3n) is 4.08. The number of hydrogen-bond acceptors (Lipinski definition) is 5. The molecule has 0 fully saturated rings. The molecule has 0 aliphatic heterocycles. The smallest absolute Gasteiger partial charge is 0.337 e. The SMILES string of the molecule is COC(=O)c1ccc(C)c(NC(=O)CNc2cc(Cl)ccc2-n2cccn2)c1. The summed E-state index contributed by atoms with van der Waals surface area (Å²) < 4.78 is 6.40. The molecule has 0 saturated carbocycles. The van der Waals surface area contributed by atoms with Crippen molar-refractivity contribution >= 4 is 34.9 Å². The van der Waals surface area contributed by atoms with Crippen LogP contribution >= 0.6 is 11.6 Å². The Bertz CT molecular complexity index is 1000. The van der Waals surface area contributed by atoms with Crippen LogP contribution in [0.2, 0.25) is 5.02 Å². The Hall–Kier alpha value is -3.32. The van der Waals surface area contributed by atoms with Crippen molar-refractivity contribution in [3.8, 4) is 5.69 Å². The maximum Gasteiger partial charge on any atom is 0.337 e. The van der Waals surface area contributed by atoms with Crippen molar-refractivity contribution in [3.63, 3.8) is 0 Å². The molecule has 2 N–H and O–H groups in total. The van der Waals surface area contributed by atoms with Gasteiger partial charge in [-0.2, -0.15) is 5.10 Å². The van der Waals surface area contributed by atoms with Crippen LogP contribution in [0.3, 0.4) is 0 Å². The number of nitrogens with zero attached hydrogens (tertiary/aromatic N) is 2. The second-order valence-corrected chi connectivity index (χ2v) is 6.47. The largest absolute Gasteiger partial charge is 0.465 e. The first-order valence-electron chi connectivity index (χ1n) is 8.50. The van der Waals surface area contributed by atoms with Gasteiger partial charge in [0.2, 0.25) is 5.91 Å². The number of halogens is 1. The van der Waals surface area contributed by atoms with Crippen LogP contribution in [0.15, 0.2) is 54.9 Å². The van der Waals surface area contributed by atoms with E-state index < -0.39 is 5.97 Å². The van der Waals surface area contributed by atoms with E-state index >= 15 is 0 Å². The van der Waals surface area contributed by atoms with Gasteiger partial charge in [0.25, 0.3) is 0 Å². The Labute approximate surface area is 167 Å². The first-order chi connectivity index (χ1) is 13.5. The summed E-state index contributed by atoms with van der Waals surface area (Å²) in [5.74, 6) is -0.729. The molecule has 1 aromatic heterocycles. The molecule has 0 unspecified atom stereocenters. The predicted molar refractivity (Wildman–Crippen MR) is 108 cm³/mol. The quantitative estimate of drug-likeness (QED) is 0.619. The summed E-state index contributed by atoms with van der Waals surface area (Å²) in [7, 11) is 1.31. The number of carbonyl (C=O) groups is 2. The molecule has 28 heavy (non-hydrogen) atoms. The normalized spacial score (nSPS) is 10.4. The molecule has 0 radical (unpaired) electrons. The summed E-state index contributed by atoms with van der Waals surface area (Å²) >= 11 is 6.09. The fourth-order valence-electron chi connectivity index (χ4n) is 2.63. The lowest BCUT2D eigenvalue weighted by Gasteiger charge is -2.14. The number of rotatable bonds is 6. The monoisotopic (exact) mass is 398 g/mol. The third kappa shape index (κ3) is 4.50. The summed E-state index contributed by atoms with van der Waals surface area (Å²) in [6, 6.07) is 12.1. The number of anilines is 2. The average molecular weight is 399 g/mol. The Morgan fingerprint density at radius 2 is 2.00 bits per heavy atom. The number of carbonyl (C=O) groups excluding carboxylic acids is 2. The number of benzene rings is 2. The number of esters is 1. The Balaban J connectivity index is 1.72. The number of hydrogen-bond donors (Lipinski definition) is 2. The summed E-state index contributed by atoms with van der Waals surface area (Å²) in [5.41, 5.74) is 3.19. The molecular weight excluding hydrogens is 380 g/mol. The highest BCUT2D eigenvalue weighted by molar-refractivity contribution is 6.31. The fourth-order valence-corrected chi connectivity index (χ4v) is 2.80. The third-order valence-corrected chi connectivity index (χ3v) is 4.32. The lowest BCUT2D eigenvalue weighted by atomic mass is 10.1. The van der Waals surface area contributed by atoms with Crippen molar-refractivity contribution in [2.24, 2.45) is 0 Å². The van der Waals surface area contributed by atoms with Crippen LogP contribution in [0.5, 0.6) is 0 Å². The predicted octanol–water partition coefficient (Wildman–Crippen LogP) is 3.67. The van der Waals surface area contributed by atoms with E-state index in [-0.39, 0.29) is 12.5 Å². The van der Waals surface area contributed by atoms with Crippen LogP contribution in [0.1, 0.15) is 15.9 Å². The van der Waals surface area contributed by atoms with E-state index in [1.54, 1.807) is 47.4 Å². The fraction of sp³-hybridized carbons (Fsp3) is 0.150. The molecular formula is C20H19ClN4O3. The molecule has 0 aliphatic rings. The Kier molecular flexibility index (Phi) is 5.96. The molecule has 0 atom stereocenters. The lowest BCUT2D eigenvalue weighted by Crippen LogP contribution is -2.23. The van der Waals surface area contributed by atoms with Crippen LogP contribution in [0.25, 0.3) is 5.69 Å². The molecule has 8 heteroatoms. The minimum Gasteiger partial charge on any atom is -0.465 e. The number of amides is 1. The summed E-state index contributed by atoms with van der Waals surface area (Å²) in [6.07, 6.45) is 3.47. The van der Waals surface area contributed by atoms with Gasteiger partial charge in [0, 0.05) is 23.1 Å². The molecule has 0 aliphatic carbocycles. The number of aromatic nitrogens is 2. The average Bonchev–Trinajstić information content (AvgIpc) is 3.22. The first kappa shape index (κ1) is 19.4.